The van der Waals surface area contributed by atoms with Gasteiger partial charge in [0.25, 0.3) is 0 Å². The van der Waals surface area contributed by atoms with Crippen molar-refractivity contribution in [2.24, 2.45) is 5.11 Å². The number of aliphatic hydroxyl groups is 1. The zero-order valence-electron chi connectivity index (χ0n) is 9.80. The van der Waals surface area contributed by atoms with Crippen molar-refractivity contribution in [1.29, 1.82) is 0 Å². The van der Waals surface area contributed by atoms with Gasteiger partial charge in [0.15, 0.2) is 0 Å². The second kappa shape index (κ2) is 10.9. The first-order valence-electron chi connectivity index (χ1n) is 5.53. The lowest BCUT2D eigenvalue weighted by atomic mass is 10.2. The van der Waals surface area contributed by atoms with Crippen molar-refractivity contribution in [1.82, 2.24) is 10.6 Å². The van der Waals surface area contributed by atoms with Gasteiger partial charge in [0.2, 0.25) is 5.91 Å². The van der Waals surface area contributed by atoms with Crippen molar-refractivity contribution in [2.45, 2.75) is 25.5 Å². The average molecular weight is 241 g/mol. The Kier molecular flexibility index (Phi) is 9.94. The van der Waals surface area contributed by atoms with Gasteiger partial charge in [-0.3, -0.25) is 10.1 Å². The van der Waals surface area contributed by atoms with Crippen LogP contribution in [-0.2, 0) is 4.79 Å². The number of amides is 1. The van der Waals surface area contributed by atoms with Crippen LogP contribution in [0.2, 0.25) is 0 Å². The Bertz CT molecular complexity index is 276. The average Bonchev–Trinajstić information content (AvgIpc) is 2.34. The lowest BCUT2D eigenvalue weighted by molar-refractivity contribution is -0.116. The van der Waals surface area contributed by atoms with E-state index >= 15 is 0 Å². The molecule has 0 radical (unpaired) electrons. The molecule has 7 heteroatoms. The molecule has 0 aromatic rings. The van der Waals surface area contributed by atoms with Gasteiger partial charge in [-0.15, -0.1) is 0 Å². The fourth-order valence-electron chi connectivity index (χ4n) is 1.16. The second-order valence-electron chi connectivity index (χ2n) is 3.44. The molecule has 0 aliphatic heterocycles. The summed E-state index contributed by atoms with van der Waals surface area (Å²) in [4.78, 5) is 13.3. The van der Waals surface area contributed by atoms with Gasteiger partial charge in [0, 0.05) is 11.5 Å². The van der Waals surface area contributed by atoms with Gasteiger partial charge in [-0.05, 0) is 31.0 Å². The van der Waals surface area contributed by atoms with Crippen LogP contribution in [0.3, 0.4) is 0 Å². The topological polar surface area (TPSA) is 110 Å². The van der Waals surface area contributed by atoms with E-state index in [9.17, 15) is 9.90 Å². The third-order valence-electron chi connectivity index (χ3n) is 2.04. The lowest BCUT2D eigenvalue weighted by Crippen LogP contribution is -2.32. The Balaban J connectivity index is 3.25. The van der Waals surface area contributed by atoms with Gasteiger partial charge < -0.3 is 10.4 Å². The van der Waals surface area contributed by atoms with Crippen LogP contribution in [0.5, 0.6) is 0 Å². The number of aliphatic hydroxyl groups excluding tert-OH is 1. The molecule has 3 N–H and O–H groups in total. The Labute approximate surface area is 101 Å². The van der Waals surface area contributed by atoms with Crippen LogP contribution in [-0.4, -0.2) is 36.9 Å². The molecule has 96 valence electrons. The Hall–Kier alpha value is -1.56. The molecule has 0 fully saturated rings. The van der Waals surface area contributed by atoms with Gasteiger partial charge in [-0.2, -0.15) is 0 Å². The quantitative estimate of drug-likeness (QED) is 0.131. The van der Waals surface area contributed by atoms with Gasteiger partial charge in [0.1, 0.15) is 6.23 Å². The molecule has 0 aromatic carbocycles. The first-order valence-corrected chi connectivity index (χ1v) is 5.53. The van der Waals surface area contributed by atoms with E-state index in [1.807, 2.05) is 0 Å². The Morgan fingerprint density at radius 2 is 2.18 bits per heavy atom. The minimum atomic E-state index is -0.786. The Morgan fingerprint density at radius 1 is 1.47 bits per heavy atom. The lowest BCUT2D eigenvalue weighted by Gasteiger charge is -2.09. The first-order chi connectivity index (χ1) is 8.20. The highest BCUT2D eigenvalue weighted by Gasteiger charge is 1.99. The maximum atomic E-state index is 10.8. The molecule has 0 bridgehead atoms. The highest BCUT2D eigenvalue weighted by molar-refractivity contribution is 5.86. The van der Waals surface area contributed by atoms with Crippen molar-refractivity contribution >= 4 is 5.91 Å². The van der Waals surface area contributed by atoms with Crippen molar-refractivity contribution in [3.05, 3.63) is 23.1 Å². The molecule has 0 aliphatic carbocycles. The summed E-state index contributed by atoms with van der Waals surface area (Å²) in [5.41, 5.74) is 8.03. The molecule has 1 unspecified atom stereocenters. The molecule has 0 aromatic heterocycles. The standard InChI is InChI=1S/C10H19N5O2/c1-2-9(16)12-6-4-3-5-7-13-10(17)8-14-15-11/h2,10,13,17H,1,3-8H2,(H,12,16). The van der Waals surface area contributed by atoms with E-state index in [4.69, 9.17) is 5.53 Å². The van der Waals surface area contributed by atoms with E-state index in [0.717, 1.165) is 19.3 Å². The van der Waals surface area contributed by atoms with Crippen LogP contribution in [0.4, 0.5) is 0 Å². The SMILES string of the molecule is C=CC(=O)NCCCCCNC(O)CN=[N+]=[N-]. The smallest absolute Gasteiger partial charge is 0.243 e. The number of nitrogens with one attached hydrogen (secondary N) is 2. The fourth-order valence-corrected chi connectivity index (χ4v) is 1.16. The maximum Gasteiger partial charge on any atom is 0.243 e. The van der Waals surface area contributed by atoms with Gasteiger partial charge >= 0.3 is 0 Å². The third-order valence-corrected chi connectivity index (χ3v) is 2.04. The normalized spacial score (nSPS) is 11.4. The number of nitrogens with zero attached hydrogens (tertiary/aromatic N) is 3. The van der Waals surface area contributed by atoms with Crippen LogP contribution in [0.25, 0.3) is 10.4 Å². The number of hydrogen-bond donors (Lipinski definition) is 3. The largest absolute Gasteiger partial charge is 0.378 e. The molecule has 1 atom stereocenters. The highest BCUT2D eigenvalue weighted by atomic mass is 16.3. The number of azide groups is 1. The van der Waals surface area contributed by atoms with Crippen molar-refractivity contribution in [2.75, 3.05) is 19.6 Å². The summed E-state index contributed by atoms with van der Waals surface area (Å²) in [5.74, 6) is -0.159. The Morgan fingerprint density at radius 3 is 2.82 bits per heavy atom. The van der Waals surface area contributed by atoms with E-state index in [1.54, 1.807) is 0 Å². The molecule has 0 saturated carbocycles. The third kappa shape index (κ3) is 10.7. The van der Waals surface area contributed by atoms with E-state index in [-0.39, 0.29) is 12.5 Å². The highest BCUT2D eigenvalue weighted by Crippen LogP contribution is 1.93. The second-order valence-corrected chi connectivity index (χ2v) is 3.44. The van der Waals surface area contributed by atoms with Crippen molar-refractivity contribution < 1.29 is 9.90 Å². The van der Waals surface area contributed by atoms with E-state index < -0.39 is 6.23 Å². The minimum Gasteiger partial charge on any atom is -0.378 e. The summed E-state index contributed by atoms with van der Waals surface area (Å²) >= 11 is 0. The molecule has 0 spiro atoms. The molecule has 17 heavy (non-hydrogen) atoms. The number of carbonyl (C=O) groups excluding carboxylic acids is 1. The summed E-state index contributed by atoms with van der Waals surface area (Å²) in [6.07, 6.45) is 3.17. The predicted octanol–water partition coefficient (Wildman–Crippen LogP) is 0.677. The van der Waals surface area contributed by atoms with Crippen LogP contribution in [0.15, 0.2) is 17.8 Å². The number of hydrogen-bond acceptors (Lipinski definition) is 4. The molecule has 1 amide bonds. The van der Waals surface area contributed by atoms with Gasteiger partial charge in [-0.25, -0.2) is 0 Å². The molecule has 0 heterocycles. The molecule has 0 aliphatic rings. The first kappa shape index (κ1) is 15.4. The monoisotopic (exact) mass is 241 g/mol. The molecule has 7 nitrogen and oxygen atoms in total. The van der Waals surface area contributed by atoms with E-state index in [1.165, 1.54) is 6.08 Å². The summed E-state index contributed by atoms with van der Waals surface area (Å²) in [5, 5.41) is 18.0. The predicted molar refractivity (Wildman–Crippen MR) is 65.1 cm³/mol. The number of unbranched alkanes of at least 4 members (excludes halogenated alkanes) is 2. The maximum absolute atomic E-state index is 10.8. The van der Waals surface area contributed by atoms with E-state index in [2.05, 4.69) is 27.2 Å². The van der Waals surface area contributed by atoms with Crippen LogP contribution in [0.1, 0.15) is 19.3 Å². The zero-order valence-corrected chi connectivity index (χ0v) is 9.80. The molecular formula is C10H19N5O2. The van der Waals surface area contributed by atoms with Crippen LogP contribution < -0.4 is 10.6 Å². The molecule has 0 saturated heterocycles. The van der Waals surface area contributed by atoms with E-state index in [0.29, 0.717) is 13.1 Å². The number of rotatable bonds is 10. The van der Waals surface area contributed by atoms with Crippen molar-refractivity contribution in [3.63, 3.8) is 0 Å². The molecular weight excluding hydrogens is 222 g/mol. The summed E-state index contributed by atoms with van der Waals surface area (Å²) in [6, 6.07) is 0. The van der Waals surface area contributed by atoms with Gasteiger partial charge in [-0.1, -0.05) is 18.1 Å². The van der Waals surface area contributed by atoms with Crippen LogP contribution in [0, 0.1) is 0 Å². The summed E-state index contributed by atoms with van der Waals surface area (Å²) < 4.78 is 0. The van der Waals surface area contributed by atoms with Gasteiger partial charge in [0.05, 0.1) is 6.54 Å². The van der Waals surface area contributed by atoms with Crippen LogP contribution >= 0.6 is 0 Å². The molecule has 0 rings (SSSR count). The minimum absolute atomic E-state index is 0.0336. The fraction of sp³-hybridized carbons (Fsp3) is 0.700. The number of carbonyl (C=O) groups is 1. The summed E-state index contributed by atoms with van der Waals surface area (Å²) in [6.45, 7) is 4.66. The van der Waals surface area contributed by atoms with Crippen molar-refractivity contribution in [3.8, 4) is 0 Å². The zero-order chi connectivity index (χ0) is 12.9. The summed E-state index contributed by atoms with van der Waals surface area (Å²) in [7, 11) is 0.